The zero-order chi connectivity index (χ0) is 12.4. The molecule has 1 heterocycles. The molecule has 2 aromatic rings. The number of benzene rings is 1. The van der Waals surface area contributed by atoms with Crippen molar-refractivity contribution in [3.63, 3.8) is 0 Å². The first-order chi connectivity index (χ1) is 8.13. The van der Waals surface area contributed by atoms with Crippen molar-refractivity contribution in [2.45, 2.75) is 19.8 Å². The predicted molar refractivity (Wildman–Crippen MR) is 66.0 cm³/mol. The largest absolute Gasteiger partial charge is 0.511 e. The van der Waals surface area contributed by atoms with E-state index in [2.05, 4.69) is 16.6 Å². The van der Waals surface area contributed by atoms with Crippen LogP contribution in [0.2, 0.25) is 5.02 Å². The summed E-state index contributed by atoms with van der Waals surface area (Å²) in [5, 5.41) is 9.75. The van der Waals surface area contributed by atoms with E-state index >= 15 is 0 Å². The average molecular weight is 254 g/mol. The summed E-state index contributed by atoms with van der Waals surface area (Å²) in [7, 11) is 0. The number of hydrogen-bond donors (Lipinski definition) is 2. The normalized spacial score (nSPS) is 10.7. The molecule has 0 aliphatic rings. The Labute approximate surface area is 103 Å². The van der Waals surface area contributed by atoms with Gasteiger partial charge >= 0.3 is 6.16 Å². The van der Waals surface area contributed by atoms with Gasteiger partial charge in [-0.2, -0.15) is 0 Å². The monoisotopic (exact) mass is 253 g/mol. The van der Waals surface area contributed by atoms with Gasteiger partial charge in [0.05, 0.1) is 10.5 Å². The zero-order valence-electron chi connectivity index (χ0n) is 9.29. The summed E-state index contributed by atoms with van der Waals surface area (Å²) in [6, 6.07) is 3.49. The van der Waals surface area contributed by atoms with Crippen molar-refractivity contribution < 1.29 is 14.6 Å². The molecule has 90 valence electrons. The maximum atomic E-state index is 10.6. The Morgan fingerprint density at radius 1 is 1.59 bits per heavy atom. The van der Waals surface area contributed by atoms with Gasteiger partial charge in [0, 0.05) is 11.6 Å². The Bertz CT molecular complexity index is 562. The molecule has 2 N–H and O–H groups in total. The molecule has 0 saturated heterocycles. The second kappa shape index (κ2) is 4.67. The van der Waals surface area contributed by atoms with E-state index in [1.807, 2.05) is 6.07 Å². The molecule has 0 amide bonds. The molecule has 0 saturated carbocycles. The summed E-state index contributed by atoms with van der Waals surface area (Å²) in [6.07, 6.45) is 2.22. The van der Waals surface area contributed by atoms with Crippen molar-refractivity contribution in [3.8, 4) is 5.75 Å². The van der Waals surface area contributed by atoms with Crippen LogP contribution in [0, 0.1) is 0 Å². The number of H-pyrrole nitrogens is 1. The lowest BCUT2D eigenvalue weighted by Crippen LogP contribution is -2.04. The lowest BCUT2D eigenvalue weighted by Gasteiger charge is -2.08. The van der Waals surface area contributed by atoms with E-state index in [9.17, 15) is 4.79 Å². The number of fused-ring (bicyclic) bond motifs is 1. The maximum absolute atomic E-state index is 10.6. The second-order valence-electron chi connectivity index (χ2n) is 3.73. The maximum Gasteiger partial charge on any atom is 0.511 e. The third kappa shape index (κ3) is 2.22. The van der Waals surface area contributed by atoms with E-state index in [-0.39, 0.29) is 5.75 Å². The van der Waals surface area contributed by atoms with Crippen LogP contribution in [0.4, 0.5) is 4.79 Å². The first-order valence-electron chi connectivity index (χ1n) is 5.32. The number of aryl methyl sites for hydroxylation is 1. The fourth-order valence-corrected chi connectivity index (χ4v) is 2.13. The minimum Gasteiger partial charge on any atom is -0.449 e. The summed E-state index contributed by atoms with van der Waals surface area (Å²) in [4.78, 5) is 13.7. The molecule has 0 radical (unpaired) electrons. The molecule has 4 nitrogen and oxygen atoms in total. The quantitative estimate of drug-likeness (QED) is 0.645. The molecule has 1 aromatic heterocycles. The fourth-order valence-electron chi connectivity index (χ4n) is 1.88. The van der Waals surface area contributed by atoms with Gasteiger partial charge in [0.2, 0.25) is 0 Å². The SMILES string of the molecule is CCCc1cc(OC(=O)O)c(Cl)c2cc[nH]c12. The van der Waals surface area contributed by atoms with Gasteiger partial charge in [-0.3, -0.25) is 0 Å². The Morgan fingerprint density at radius 2 is 2.35 bits per heavy atom. The van der Waals surface area contributed by atoms with Gasteiger partial charge in [0.15, 0.2) is 5.75 Å². The Kier molecular flexibility index (Phi) is 3.24. The molecule has 17 heavy (non-hydrogen) atoms. The summed E-state index contributed by atoms with van der Waals surface area (Å²) in [6.45, 7) is 2.06. The van der Waals surface area contributed by atoms with E-state index in [0.29, 0.717) is 5.02 Å². The first kappa shape index (κ1) is 11.8. The van der Waals surface area contributed by atoms with Crippen LogP contribution >= 0.6 is 11.6 Å². The summed E-state index contributed by atoms with van der Waals surface area (Å²) in [5.74, 6) is 0.190. The highest BCUT2D eigenvalue weighted by atomic mass is 35.5. The predicted octanol–water partition coefficient (Wildman–Crippen LogP) is 3.83. The van der Waals surface area contributed by atoms with Crippen molar-refractivity contribution >= 4 is 28.7 Å². The fraction of sp³-hybridized carbons (Fsp3) is 0.250. The standard InChI is InChI=1S/C12H12ClNO3/c1-2-3-7-6-9(17-12(15)16)10(13)8-4-5-14-11(7)8/h4-6,14H,2-3H2,1H3,(H,15,16). The van der Waals surface area contributed by atoms with Crippen LogP contribution in [0.15, 0.2) is 18.3 Å². The number of carbonyl (C=O) groups is 1. The molecular formula is C12H12ClNO3. The van der Waals surface area contributed by atoms with Gasteiger partial charge in [-0.15, -0.1) is 0 Å². The lowest BCUT2D eigenvalue weighted by molar-refractivity contribution is 0.144. The molecule has 0 bridgehead atoms. The summed E-state index contributed by atoms with van der Waals surface area (Å²) < 4.78 is 4.68. The molecule has 0 fully saturated rings. The van der Waals surface area contributed by atoms with Gasteiger partial charge in [0.25, 0.3) is 0 Å². The average Bonchev–Trinajstić information content (AvgIpc) is 2.73. The van der Waals surface area contributed by atoms with Crippen molar-refractivity contribution in [1.82, 2.24) is 4.98 Å². The highest BCUT2D eigenvalue weighted by molar-refractivity contribution is 6.37. The third-order valence-corrected chi connectivity index (χ3v) is 2.93. The van der Waals surface area contributed by atoms with Crippen LogP contribution < -0.4 is 4.74 Å². The number of rotatable bonds is 3. The van der Waals surface area contributed by atoms with Crippen LogP contribution in [-0.4, -0.2) is 16.2 Å². The molecule has 1 aromatic carbocycles. The second-order valence-corrected chi connectivity index (χ2v) is 4.11. The van der Waals surface area contributed by atoms with Crippen molar-refractivity contribution in [3.05, 3.63) is 28.9 Å². The molecule has 0 unspecified atom stereocenters. The third-order valence-electron chi connectivity index (χ3n) is 2.54. The zero-order valence-corrected chi connectivity index (χ0v) is 10.0. The Hall–Kier alpha value is -1.68. The molecule has 5 heteroatoms. The van der Waals surface area contributed by atoms with E-state index in [1.54, 1.807) is 12.3 Å². The number of aromatic nitrogens is 1. The van der Waals surface area contributed by atoms with Gasteiger partial charge < -0.3 is 14.8 Å². The number of aromatic amines is 1. The van der Waals surface area contributed by atoms with E-state index < -0.39 is 6.16 Å². The number of ether oxygens (including phenoxy) is 1. The minimum absolute atomic E-state index is 0.190. The number of carboxylic acid groups (broad SMARTS) is 1. The molecular weight excluding hydrogens is 242 g/mol. The van der Waals surface area contributed by atoms with E-state index in [0.717, 1.165) is 29.3 Å². The van der Waals surface area contributed by atoms with E-state index in [1.165, 1.54) is 0 Å². The highest BCUT2D eigenvalue weighted by Gasteiger charge is 2.14. The summed E-state index contributed by atoms with van der Waals surface area (Å²) >= 11 is 6.09. The number of halogens is 1. The van der Waals surface area contributed by atoms with Crippen LogP contribution in [0.25, 0.3) is 10.9 Å². The summed E-state index contributed by atoms with van der Waals surface area (Å²) in [5.41, 5.74) is 1.95. The molecule has 0 atom stereocenters. The van der Waals surface area contributed by atoms with Crippen molar-refractivity contribution in [2.75, 3.05) is 0 Å². The molecule has 0 spiro atoms. The van der Waals surface area contributed by atoms with Gasteiger partial charge in [-0.05, 0) is 24.1 Å². The van der Waals surface area contributed by atoms with Gasteiger partial charge in [-0.1, -0.05) is 24.9 Å². The van der Waals surface area contributed by atoms with Crippen LogP contribution in [-0.2, 0) is 6.42 Å². The highest BCUT2D eigenvalue weighted by Crippen LogP contribution is 2.35. The molecule has 0 aliphatic heterocycles. The van der Waals surface area contributed by atoms with Crippen molar-refractivity contribution in [1.29, 1.82) is 0 Å². The number of nitrogens with one attached hydrogen (secondary N) is 1. The van der Waals surface area contributed by atoms with Gasteiger partial charge in [-0.25, -0.2) is 4.79 Å². The van der Waals surface area contributed by atoms with E-state index in [4.69, 9.17) is 16.7 Å². The number of hydrogen-bond acceptors (Lipinski definition) is 2. The first-order valence-corrected chi connectivity index (χ1v) is 5.70. The topological polar surface area (TPSA) is 62.3 Å². The van der Waals surface area contributed by atoms with Crippen LogP contribution in [0.3, 0.4) is 0 Å². The lowest BCUT2D eigenvalue weighted by atomic mass is 10.1. The molecule has 2 rings (SSSR count). The Morgan fingerprint density at radius 3 is 3.00 bits per heavy atom. The smallest absolute Gasteiger partial charge is 0.449 e. The van der Waals surface area contributed by atoms with Crippen molar-refractivity contribution in [2.24, 2.45) is 0 Å². The molecule has 0 aliphatic carbocycles. The van der Waals surface area contributed by atoms with Crippen LogP contribution in [0.1, 0.15) is 18.9 Å². The Balaban J connectivity index is 2.60. The minimum atomic E-state index is -1.36. The van der Waals surface area contributed by atoms with Crippen LogP contribution in [0.5, 0.6) is 5.75 Å². The van der Waals surface area contributed by atoms with Gasteiger partial charge in [0.1, 0.15) is 0 Å².